The maximum absolute atomic E-state index is 12.7. The first-order valence-electron chi connectivity index (χ1n) is 9.26. The van der Waals surface area contributed by atoms with E-state index < -0.39 is 36.3 Å². The highest BCUT2D eigenvalue weighted by Gasteiger charge is 2.43. The molecule has 0 unspecified atom stereocenters. The van der Waals surface area contributed by atoms with E-state index in [4.69, 9.17) is 4.74 Å². The van der Waals surface area contributed by atoms with E-state index in [0.717, 1.165) is 11.3 Å². The molecule has 0 aromatic heterocycles. The standard InChI is InChI=1S/C20H26N2O5S/c1-13(2)8-10-21-17(23)12-27-20(26)16(9-11-28-3)22-18(24)14-6-4-5-7-15(14)19(22)25/h4-7,13,16H,8-12H2,1-3H3,(H,21,23)/t16-/m0/s1. The van der Waals surface area contributed by atoms with Gasteiger partial charge in [-0.05, 0) is 42.9 Å². The second-order valence-electron chi connectivity index (χ2n) is 6.96. The van der Waals surface area contributed by atoms with Crippen LogP contribution in [0.1, 0.15) is 47.4 Å². The van der Waals surface area contributed by atoms with E-state index in [0.29, 0.717) is 18.2 Å². The van der Waals surface area contributed by atoms with Gasteiger partial charge in [0.25, 0.3) is 17.7 Å². The normalized spacial score (nSPS) is 14.2. The maximum atomic E-state index is 12.7. The average molecular weight is 407 g/mol. The molecular weight excluding hydrogens is 380 g/mol. The topological polar surface area (TPSA) is 92.8 Å². The Kier molecular flexibility index (Phi) is 8.04. The largest absolute Gasteiger partial charge is 0.454 e. The quantitative estimate of drug-likeness (QED) is 0.473. The minimum atomic E-state index is -1.05. The number of benzene rings is 1. The Bertz CT molecular complexity index is 715. The number of carbonyl (C=O) groups is 4. The Labute approximate surface area is 169 Å². The van der Waals surface area contributed by atoms with Gasteiger partial charge < -0.3 is 10.1 Å². The zero-order chi connectivity index (χ0) is 20.7. The molecule has 0 aliphatic carbocycles. The third-order valence-electron chi connectivity index (χ3n) is 4.39. The Balaban J connectivity index is 2.03. The van der Waals surface area contributed by atoms with Crippen molar-refractivity contribution in [3.05, 3.63) is 35.4 Å². The van der Waals surface area contributed by atoms with E-state index in [1.807, 2.05) is 20.1 Å². The van der Waals surface area contributed by atoms with Crippen molar-refractivity contribution < 1.29 is 23.9 Å². The smallest absolute Gasteiger partial charge is 0.329 e. The summed E-state index contributed by atoms with van der Waals surface area (Å²) < 4.78 is 5.12. The third-order valence-corrected chi connectivity index (χ3v) is 5.04. The van der Waals surface area contributed by atoms with Crippen LogP contribution in [0.25, 0.3) is 0 Å². The molecule has 0 saturated heterocycles. The summed E-state index contributed by atoms with van der Waals surface area (Å²) in [4.78, 5) is 50.8. The molecule has 0 bridgehead atoms. The number of thioether (sulfide) groups is 1. The Morgan fingerprint density at radius 2 is 1.71 bits per heavy atom. The summed E-state index contributed by atoms with van der Waals surface area (Å²) in [6.45, 7) is 4.16. The van der Waals surface area contributed by atoms with E-state index in [2.05, 4.69) is 5.32 Å². The molecule has 1 aliphatic heterocycles. The van der Waals surface area contributed by atoms with Crippen molar-refractivity contribution in [3.8, 4) is 0 Å². The summed E-state index contributed by atoms with van der Waals surface area (Å²) in [6.07, 6.45) is 2.96. The lowest BCUT2D eigenvalue weighted by Gasteiger charge is -2.24. The number of imide groups is 1. The molecule has 3 amide bonds. The van der Waals surface area contributed by atoms with Gasteiger partial charge in [0.05, 0.1) is 11.1 Å². The number of hydrogen-bond acceptors (Lipinski definition) is 6. The third kappa shape index (κ3) is 5.34. The minimum absolute atomic E-state index is 0.264. The summed E-state index contributed by atoms with van der Waals surface area (Å²) in [6, 6.07) is 5.42. The fraction of sp³-hybridized carbons (Fsp3) is 0.500. The highest BCUT2D eigenvalue weighted by molar-refractivity contribution is 7.98. The molecule has 1 aliphatic rings. The van der Waals surface area contributed by atoms with Crippen LogP contribution in [0.3, 0.4) is 0 Å². The van der Waals surface area contributed by atoms with Gasteiger partial charge in [-0.3, -0.25) is 19.3 Å². The van der Waals surface area contributed by atoms with E-state index in [-0.39, 0.29) is 17.5 Å². The molecule has 1 heterocycles. The van der Waals surface area contributed by atoms with Crippen LogP contribution in [-0.4, -0.2) is 59.8 Å². The van der Waals surface area contributed by atoms with Crippen LogP contribution in [-0.2, 0) is 14.3 Å². The second kappa shape index (κ2) is 10.3. The molecule has 1 atom stereocenters. The average Bonchev–Trinajstić information content (AvgIpc) is 2.92. The first kappa shape index (κ1) is 21.9. The van der Waals surface area contributed by atoms with Crippen LogP contribution in [0.4, 0.5) is 0 Å². The first-order chi connectivity index (χ1) is 13.4. The van der Waals surface area contributed by atoms with Gasteiger partial charge in [-0.1, -0.05) is 26.0 Å². The van der Waals surface area contributed by atoms with Crippen molar-refractivity contribution in [1.82, 2.24) is 10.2 Å². The Morgan fingerprint density at radius 1 is 1.11 bits per heavy atom. The van der Waals surface area contributed by atoms with Crippen LogP contribution >= 0.6 is 11.8 Å². The number of carbonyl (C=O) groups excluding carboxylic acids is 4. The number of esters is 1. The Hall–Kier alpha value is -2.35. The van der Waals surface area contributed by atoms with Gasteiger partial charge in [0.2, 0.25) is 0 Å². The monoisotopic (exact) mass is 406 g/mol. The molecule has 0 spiro atoms. The fourth-order valence-electron chi connectivity index (χ4n) is 2.86. The molecule has 152 valence electrons. The summed E-state index contributed by atoms with van der Waals surface area (Å²) >= 11 is 1.49. The van der Waals surface area contributed by atoms with Crippen LogP contribution in [0.15, 0.2) is 24.3 Å². The molecule has 28 heavy (non-hydrogen) atoms. The van der Waals surface area contributed by atoms with E-state index in [1.54, 1.807) is 24.3 Å². The predicted octanol–water partition coefficient (Wildman–Crippen LogP) is 2.11. The highest BCUT2D eigenvalue weighted by Crippen LogP contribution is 2.26. The van der Waals surface area contributed by atoms with E-state index in [9.17, 15) is 19.2 Å². The predicted molar refractivity (Wildman–Crippen MR) is 107 cm³/mol. The van der Waals surface area contributed by atoms with E-state index in [1.165, 1.54) is 11.8 Å². The van der Waals surface area contributed by atoms with Gasteiger partial charge in [-0.15, -0.1) is 0 Å². The number of amides is 3. The number of nitrogens with one attached hydrogen (secondary N) is 1. The fourth-order valence-corrected chi connectivity index (χ4v) is 3.32. The molecule has 1 aromatic rings. The summed E-state index contributed by atoms with van der Waals surface area (Å²) in [7, 11) is 0. The lowest BCUT2D eigenvalue weighted by atomic mass is 10.1. The molecule has 0 saturated carbocycles. The van der Waals surface area contributed by atoms with Crippen molar-refractivity contribution in [2.75, 3.05) is 25.2 Å². The van der Waals surface area contributed by atoms with Crippen LogP contribution < -0.4 is 5.32 Å². The lowest BCUT2D eigenvalue weighted by Crippen LogP contribution is -2.46. The zero-order valence-electron chi connectivity index (χ0n) is 16.4. The molecule has 8 heteroatoms. The van der Waals surface area contributed by atoms with Gasteiger partial charge in [-0.25, -0.2) is 4.79 Å². The summed E-state index contributed by atoms with van der Waals surface area (Å²) in [5.41, 5.74) is 0.557. The number of hydrogen-bond donors (Lipinski definition) is 1. The first-order valence-corrected chi connectivity index (χ1v) is 10.6. The van der Waals surface area contributed by atoms with Gasteiger partial charge in [-0.2, -0.15) is 11.8 Å². The molecule has 1 aromatic carbocycles. The van der Waals surface area contributed by atoms with E-state index >= 15 is 0 Å². The number of nitrogens with zero attached hydrogens (tertiary/aromatic N) is 1. The Morgan fingerprint density at radius 3 is 2.25 bits per heavy atom. The summed E-state index contributed by atoms with van der Waals surface area (Å²) in [5, 5.41) is 2.68. The minimum Gasteiger partial charge on any atom is -0.454 e. The molecule has 1 N–H and O–H groups in total. The number of fused-ring (bicyclic) bond motifs is 1. The summed E-state index contributed by atoms with van der Waals surface area (Å²) in [5.74, 6) is -1.15. The molecule has 0 radical (unpaired) electrons. The van der Waals surface area contributed by atoms with Gasteiger partial charge in [0, 0.05) is 6.54 Å². The number of ether oxygens (including phenoxy) is 1. The molecular formula is C20H26N2O5S. The SMILES string of the molecule is CSCC[C@@H](C(=O)OCC(=O)NCCC(C)C)N1C(=O)c2ccccc2C1=O. The van der Waals surface area contributed by atoms with Crippen molar-refractivity contribution in [3.63, 3.8) is 0 Å². The second-order valence-corrected chi connectivity index (χ2v) is 7.95. The zero-order valence-corrected chi connectivity index (χ0v) is 17.2. The van der Waals surface area contributed by atoms with Crippen molar-refractivity contribution in [1.29, 1.82) is 0 Å². The highest BCUT2D eigenvalue weighted by atomic mass is 32.2. The number of rotatable bonds is 10. The van der Waals surface area contributed by atoms with Gasteiger partial charge >= 0.3 is 5.97 Å². The van der Waals surface area contributed by atoms with Crippen LogP contribution in [0.5, 0.6) is 0 Å². The molecule has 0 fully saturated rings. The van der Waals surface area contributed by atoms with Gasteiger partial charge in [0.15, 0.2) is 6.61 Å². The van der Waals surface area contributed by atoms with Gasteiger partial charge in [0.1, 0.15) is 6.04 Å². The molecule has 2 rings (SSSR count). The lowest BCUT2D eigenvalue weighted by molar-refractivity contribution is -0.152. The van der Waals surface area contributed by atoms with Crippen molar-refractivity contribution in [2.45, 2.75) is 32.7 Å². The van der Waals surface area contributed by atoms with Crippen molar-refractivity contribution >= 4 is 35.5 Å². The van der Waals surface area contributed by atoms with Crippen molar-refractivity contribution in [2.24, 2.45) is 5.92 Å². The maximum Gasteiger partial charge on any atom is 0.329 e. The van der Waals surface area contributed by atoms with Crippen LogP contribution in [0, 0.1) is 5.92 Å². The molecule has 7 nitrogen and oxygen atoms in total. The van der Waals surface area contributed by atoms with Crippen LogP contribution in [0.2, 0.25) is 0 Å².